The van der Waals surface area contributed by atoms with Crippen molar-refractivity contribution in [2.45, 2.75) is 62.2 Å². The summed E-state index contributed by atoms with van der Waals surface area (Å²) in [6, 6.07) is 5.74. The van der Waals surface area contributed by atoms with Gasteiger partial charge in [0.25, 0.3) is 0 Å². The normalized spacial score (nSPS) is 24.7. The third-order valence-corrected chi connectivity index (χ3v) is 9.04. The Labute approximate surface area is 167 Å². The Morgan fingerprint density at radius 2 is 1.86 bits per heavy atom. The van der Waals surface area contributed by atoms with Gasteiger partial charge in [-0.05, 0) is 60.8 Å². The summed E-state index contributed by atoms with van der Waals surface area (Å²) in [7, 11) is -1.53. The van der Waals surface area contributed by atoms with Gasteiger partial charge in [-0.2, -0.15) is 4.31 Å². The Morgan fingerprint density at radius 3 is 2.61 bits per heavy atom. The van der Waals surface area contributed by atoms with E-state index in [1.54, 1.807) is 10.6 Å². The lowest BCUT2D eigenvalue weighted by atomic mass is 9.67. The van der Waals surface area contributed by atoms with Crippen LogP contribution in [0.15, 0.2) is 29.4 Å². The Kier molecular flexibility index (Phi) is 4.36. The number of aromatic nitrogens is 3. The standard InChI is InChI=1S/C21H28N4O2S/c1-24-15-22-23-20(24)19-13-25(14-21(19)10-3-2-4-11-21)28(26,27)18-9-8-16-6-5-7-17(16)12-18/h8-9,12,15,19H,2-7,10-11,13-14H2,1H3. The molecule has 2 aliphatic carbocycles. The molecule has 1 spiro atoms. The van der Waals surface area contributed by atoms with Crippen molar-refractivity contribution in [3.8, 4) is 0 Å². The molecule has 1 aromatic carbocycles. The van der Waals surface area contributed by atoms with E-state index >= 15 is 0 Å². The number of sulfonamides is 1. The minimum Gasteiger partial charge on any atom is -0.320 e. The van der Waals surface area contributed by atoms with Crippen LogP contribution < -0.4 is 0 Å². The van der Waals surface area contributed by atoms with Gasteiger partial charge in [0.15, 0.2) is 0 Å². The van der Waals surface area contributed by atoms with Gasteiger partial charge in [0.1, 0.15) is 12.2 Å². The van der Waals surface area contributed by atoms with Crippen molar-refractivity contribution in [2.75, 3.05) is 13.1 Å². The van der Waals surface area contributed by atoms with Crippen molar-refractivity contribution >= 4 is 10.0 Å². The second-order valence-corrected chi connectivity index (χ2v) is 10.8. The van der Waals surface area contributed by atoms with E-state index in [4.69, 9.17) is 0 Å². The molecule has 5 rings (SSSR count). The van der Waals surface area contributed by atoms with Gasteiger partial charge in [-0.25, -0.2) is 8.42 Å². The van der Waals surface area contributed by atoms with E-state index in [1.807, 2.05) is 29.8 Å². The fourth-order valence-electron chi connectivity index (χ4n) is 5.69. The second kappa shape index (κ2) is 6.66. The summed E-state index contributed by atoms with van der Waals surface area (Å²) in [4.78, 5) is 0.456. The zero-order valence-electron chi connectivity index (χ0n) is 16.5. The summed E-state index contributed by atoms with van der Waals surface area (Å²) >= 11 is 0. The third-order valence-electron chi connectivity index (χ3n) is 7.23. The van der Waals surface area contributed by atoms with Gasteiger partial charge < -0.3 is 4.57 Å². The third kappa shape index (κ3) is 2.82. The number of rotatable bonds is 3. The summed E-state index contributed by atoms with van der Waals surface area (Å²) in [5.74, 6) is 1.04. The van der Waals surface area contributed by atoms with E-state index in [0.29, 0.717) is 18.0 Å². The molecule has 0 N–H and O–H groups in total. The zero-order chi connectivity index (χ0) is 19.4. The molecule has 2 aromatic rings. The number of hydrogen-bond donors (Lipinski definition) is 0. The van der Waals surface area contributed by atoms with E-state index in [0.717, 1.165) is 37.9 Å². The van der Waals surface area contributed by atoms with E-state index in [2.05, 4.69) is 10.2 Å². The maximum Gasteiger partial charge on any atom is 0.243 e. The SMILES string of the molecule is Cn1cnnc1C1CN(S(=O)(=O)c2ccc3c(c2)CCC3)CC12CCCCC2. The summed E-state index contributed by atoms with van der Waals surface area (Å²) in [5.41, 5.74) is 2.50. The first kappa shape index (κ1) is 18.3. The van der Waals surface area contributed by atoms with Crippen LogP contribution in [0.5, 0.6) is 0 Å². The molecular formula is C21H28N4O2S. The van der Waals surface area contributed by atoms with Crippen molar-refractivity contribution in [3.63, 3.8) is 0 Å². The van der Waals surface area contributed by atoms with Crippen molar-refractivity contribution in [1.82, 2.24) is 19.1 Å². The van der Waals surface area contributed by atoms with Gasteiger partial charge in [0, 0.05) is 26.1 Å². The van der Waals surface area contributed by atoms with Crippen LogP contribution in [0.25, 0.3) is 0 Å². The van der Waals surface area contributed by atoms with Crippen LogP contribution >= 0.6 is 0 Å². The molecule has 6 nitrogen and oxygen atoms in total. The topological polar surface area (TPSA) is 68.1 Å². The number of aryl methyl sites for hydroxylation is 3. The van der Waals surface area contributed by atoms with Crippen molar-refractivity contribution in [1.29, 1.82) is 0 Å². The monoisotopic (exact) mass is 400 g/mol. The summed E-state index contributed by atoms with van der Waals surface area (Å²) < 4.78 is 30.8. The van der Waals surface area contributed by atoms with Gasteiger partial charge in [-0.1, -0.05) is 25.3 Å². The quantitative estimate of drug-likeness (QED) is 0.794. The second-order valence-electron chi connectivity index (χ2n) is 8.86. The Bertz CT molecular complexity index is 992. The lowest BCUT2D eigenvalue weighted by Gasteiger charge is -2.37. The van der Waals surface area contributed by atoms with Gasteiger partial charge >= 0.3 is 0 Å². The summed E-state index contributed by atoms with van der Waals surface area (Å²) in [6.45, 7) is 1.11. The molecule has 1 saturated carbocycles. The Balaban J connectivity index is 1.51. The first-order valence-corrected chi connectivity index (χ1v) is 11.9. The average molecular weight is 401 g/mol. The van der Waals surface area contributed by atoms with Crippen molar-refractivity contribution in [3.05, 3.63) is 41.5 Å². The maximum absolute atomic E-state index is 13.5. The predicted molar refractivity (Wildman–Crippen MR) is 106 cm³/mol. The highest BCUT2D eigenvalue weighted by Crippen LogP contribution is 2.52. The van der Waals surface area contributed by atoms with E-state index in [-0.39, 0.29) is 11.3 Å². The maximum atomic E-state index is 13.5. The minimum atomic E-state index is -3.50. The molecule has 1 atom stereocenters. The molecule has 150 valence electrons. The Hall–Kier alpha value is -1.73. The first-order chi connectivity index (χ1) is 13.5. The molecule has 7 heteroatoms. The van der Waals surface area contributed by atoms with Crippen LogP contribution in [0, 0.1) is 5.41 Å². The summed E-state index contributed by atoms with van der Waals surface area (Å²) in [6.07, 6.45) is 10.6. The van der Waals surface area contributed by atoms with Crippen LogP contribution in [-0.4, -0.2) is 40.6 Å². The van der Waals surface area contributed by atoms with Crippen LogP contribution in [0.3, 0.4) is 0 Å². The lowest BCUT2D eigenvalue weighted by molar-refractivity contribution is 0.177. The molecular weight excluding hydrogens is 372 g/mol. The fourth-order valence-corrected chi connectivity index (χ4v) is 7.29. The largest absolute Gasteiger partial charge is 0.320 e. The first-order valence-electron chi connectivity index (χ1n) is 10.5. The van der Waals surface area contributed by atoms with Gasteiger partial charge in [-0.15, -0.1) is 10.2 Å². The van der Waals surface area contributed by atoms with Gasteiger partial charge in [0.05, 0.1) is 4.90 Å². The smallest absolute Gasteiger partial charge is 0.243 e. The van der Waals surface area contributed by atoms with Crippen molar-refractivity contribution < 1.29 is 8.42 Å². The summed E-state index contributed by atoms with van der Waals surface area (Å²) in [5, 5.41) is 8.45. The van der Waals surface area contributed by atoms with Crippen LogP contribution in [0.4, 0.5) is 0 Å². The van der Waals surface area contributed by atoms with Crippen LogP contribution in [-0.2, 0) is 29.9 Å². The number of hydrogen-bond acceptors (Lipinski definition) is 4. The molecule has 1 aromatic heterocycles. The Morgan fingerprint density at radius 1 is 1.07 bits per heavy atom. The lowest BCUT2D eigenvalue weighted by Crippen LogP contribution is -2.34. The molecule has 0 amide bonds. The average Bonchev–Trinajstić information content (AvgIpc) is 3.40. The highest BCUT2D eigenvalue weighted by molar-refractivity contribution is 7.89. The number of benzene rings is 1. The van der Waals surface area contributed by atoms with E-state index in [1.165, 1.54) is 30.4 Å². The number of fused-ring (bicyclic) bond motifs is 1. The minimum absolute atomic E-state index is 0.0111. The molecule has 1 aliphatic heterocycles. The van der Waals surface area contributed by atoms with Crippen LogP contribution in [0.1, 0.15) is 61.4 Å². The molecule has 2 fully saturated rings. The highest BCUT2D eigenvalue weighted by Gasteiger charge is 2.52. The van der Waals surface area contributed by atoms with E-state index in [9.17, 15) is 8.42 Å². The zero-order valence-corrected chi connectivity index (χ0v) is 17.3. The van der Waals surface area contributed by atoms with E-state index < -0.39 is 10.0 Å². The molecule has 1 saturated heterocycles. The molecule has 3 aliphatic rings. The van der Waals surface area contributed by atoms with Crippen LogP contribution in [0.2, 0.25) is 0 Å². The molecule has 2 heterocycles. The number of nitrogens with zero attached hydrogens (tertiary/aromatic N) is 4. The fraction of sp³-hybridized carbons (Fsp3) is 0.619. The molecule has 1 unspecified atom stereocenters. The molecule has 0 bridgehead atoms. The van der Waals surface area contributed by atoms with Gasteiger partial charge in [0.2, 0.25) is 10.0 Å². The molecule has 0 radical (unpaired) electrons. The predicted octanol–water partition coefficient (Wildman–Crippen LogP) is 3.04. The van der Waals surface area contributed by atoms with Gasteiger partial charge in [-0.3, -0.25) is 0 Å². The van der Waals surface area contributed by atoms with Crippen molar-refractivity contribution in [2.24, 2.45) is 12.5 Å². The highest BCUT2D eigenvalue weighted by atomic mass is 32.2. The molecule has 28 heavy (non-hydrogen) atoms.